The van der Waals surface area contributed by atoms with E-state index in [1.165, 1.54) is 0 Å². The smallest absolute Gasteiger partial charge is 0.119 e. The summed E-state index contributed by atoms with van der Waals surface area (Å²) in [5.41, 5.74) is 1.62. The van der Waals surface area contributed by atoms with Crippen LogP contribution in [-0.4, -0.2) is 33.5 Å². The van der Waals surface area contributed by atoms with Crippen molar-refractivity contribution in [1.29, 1.82) is 5.26 Å². The van der Waals surface area contributed by atoms with Crippen molar-refractivity contribution in [2.45, 2.75) is 13.3 Å². The minimum absolute atomic E-state index is 0.609. The zero-order valence-corrected chi connectivity index (χ0v) is 10.9. The van der Waals surface area contributed by atoms with E-state index in [9.17, 15) is 0 Å². The van der Waals surface area contributed by atoms with Gasteiger partial charge in [-0.15, -0.1) is 0 Å². The van der Waals surface area contributed by atoms with Crippen molar-refractivity contribution in [1.82, 2.24) is 0 Å². The van der Waals surface area contributed by atoms with Gasteiger partial charge in [-0.2, -0.15) is 5.26 Å². The molecule has 0 bridgehead atoms. The van der Waals surface area contributed by atoms with Crippen LogP contribution in [0.25, 0.3) is 0 Å². The maximum Gasteiger partial charge on any atom is 0.119 e. The second-order valence-corrected chi connectivity index (χ2v) is 3.90. The van der Waals surface area contributed by atoms with Gasteiger partial charge in [-0.25, -0.2) is 0 Å². The largest absolute Gasteiger partial charge is 0.493 e. The summed E-state index contributed by atoms with van der Waals surface area (Å²) in [6.45, 7) is 4.42. The standard InChI is InChI=1S/C14H19NO3/c1-12-10-14(5-4-13(12)11-15)18-7-3-6-17-9-8-16-2/h4-5,10H,3,6-9H2,1-2H3. The molecular weight excluding hydrogens is 230 g/mol. The summed E-state index contributed by atoms with van der Waals surface area (Å²) in [5.74, 6) is 0.795. The number of rotatable bonds is 8. The third kappa shape index (κ3) is 5.17. The molecule has 1 rings (SSSR count). The predicted molar refractivity (Wildman–Crippen MR) is 68.7 cm³/mol. The van der Waals surface area contributed by atoms with Crippen molar-refractivity contribution < 1.29 is 14.2 Å². The van der Waals surface area contributed by atoms with Crippen molar-refractivity contribution in [3.05, 3.63) is 29.3 Å². The van der Waals surface area contributed by atoms with Crippen LogP contribution in [0.2, 0.25) is 0 Å². The van der Waals surface area contributed by atoms with Gasteiger partial charge in [0.2, 0.25) is 0 Å². The molecule has 1 aromatic rings. The predicted octanol–water partition coefficient (Wildman–Crippen LogP) is 2.30. The fourth-order valence-electron chi connectivity index (χ4n) is 1.45. The Morgan fingerprint density at radius 2 is 2.00 bits per heavy atom. The van der Waals surface area contributed by atoms with E-state index in [0.29, 0.717) is 32.0 Å². The molecule has 0 saturated heterocycles. The van der Waals surface area contributed by atoms with Crippen LogP contribution in [0.3, 0.4) is 0 Å². The molecule has 0 amide bonds. The number of benzene rings is 1. The maximum atomic E-state index is 8.81. The van der Waals surface area contributed by atoms with Crippen LogP contribution in [0.5, 0.6) is 5.75 Å². The molecule has 0 spiro atoms. The summed E-state index contributed by atoms with van der Waals surface area (Å²) in [6, 6.07) is 7.60. The van der Waals surface area contributed by atoms with E-state index in [4.69, 9.17) is 19.5 Å². The average Bonchev–Trinajstić information content (AvgIpc) is 2.38. The van der Waals surface area contributed by atoms with Crippen LogP contribution < -0.4 is 4.74 Å². The van der Waals surface area contributed by atoms with E-state index in [2.05, 4.69) is 6.07 Å². The van der Waals surface area contributed by atoms with E-state index >= 15 is 0 Å². The molecule has 4 heteroatoms. The first kappa shape index (κ1) is 14.5. The number of nitriles is 1. The quantitative estimate of drug-likeness (QED) is 0.663. The van der Waals surface area contributed by atoms with Crippen molar-refractivity contribution in [3.63, 3.8) is 0 Å². The first-order valence-corrected chi connectivity index (χ1v) is 5.98. The Balaban J connectivity index is 2.20. The van der Waals surface area contributed by atoms with Gasteiger partial charge in [0.15, 0.2) is 0 Å². The molecule has 0 radical (unpaired) electrons. The Hall–Kier alpha value is -1.57. The van der Waals surface area contributed by atoms with Crippen LogP contribution in [0, 0.1) is 18.3 Å². The van der Waals surface area contributed by atoms with Gasteiger partial charge in [0, 0.05) is 20.1 Å². The fourth-order valence-corrected chi connectivity index (χ4v) is 1.45. The van der Waals surface area contributed by atoms with Gasteiger partial charge in [-0.05, 0) is 30.7 Å². The van der Waals surface area contributed by atoms with E-state index < -0.39 is 0 Å². The number of nitrogens with zero attached hydrogens (tertiary/aromatic N) is 1. The van der Waals surface area contributed by atoms with E-state index in [1.54, 1.807) is 13.2 Å². The Morgan fingerprint density at radius 1 is 1.17 bits per heavy atom. The van der Waals surface area contributed by atoms with Crippen molar-refractivity contribution in [3.8, 4) is 11.8 Å². The Labute approximate surface area is 108 Å². The zero-order valence-electron chi connectivity index (χ0n) is 10.9. The normalized spacial score (nSPS) is 10.1. The molecule has 1 aromatic carbocycles. The topological polar surface area (TPSA) is 51.5 Å². The average molecular weight is 249 g/mol. The van der Waals surface area contributed by atoms with Crippen LogP contribution >= 0.6 is 0 Å². The van der Waals surface area contributed by atoms with Gasteiger partial charge in [-0.1, -0.05) is 0 Å². The highest BCUT2D eigenvalue weighted by Crippen LogP contribution is 2.16. The molecule has 98 valence electrons. The lowest BCUT2D eigenvalue weighted by Gasteiger charge is -2.08. The lowest BCUT2D eigenvalue weighted by molar-refractivity contribution is 0.0644. The van der Waals surface area contributed by atoms with Crippen LogP contribution in [0.15, 0.2) is 18.2 Å². The molecule has 0 atom stereocenters. The van der Waals surface area contributed by atoms with Crippen LogP contribution in [-0.2, 0) is 9.47 Å². The van der Waals surface area contributed by atoms with Gasteiger partial charge < -0.3 is 14.2 Å². The molecule has 18 heavy (non-hydrogen) atoms. The van der Waals surface area contributed by atoms with E-state index in [-0.39, 0.29) is 0 Å². The molecule has 0 fully saturated rings. The molecule has 0 aliphatic heterocycles. The fraction of sp³-hybridized carbons (Fsp3) is 0.500. The number of hydrogen-bond donors (Lipinski definition) is 0. The van der Waals surface area contributed by atoms with Crippen molar-refractivity contribution >= 4 is 0 Å². The molecule has 0 unspecified atom stereocenters. The maximum absolute atomic E-state index is 8.81. The second kappa shape index (κ2) is 8.51. The number of aryl methyl sites for hydroxylation is 1. The van der Waals surface area contributed by atoms with Gasteiger partial charge >= 0.3 is 0 Å². The molecule has 0 N–H and O–H groups in total. The van der Waals surface area contributed by atoms with Crippen LogP contribution in [0.4, 0.5) is 0 Å². The third-order valence-corrected chi connectivity index (χ3v) is 2.45. The van der Waals surface area contributed by atoms with Crippen LogP contribution in [0.1, 0.15) is 17.5 Å². The number of methoxy groups -OCH3 is 1. The lowest BCUT2D eigenvalue weighted by atomic mass is 10.1. The highest BCUT2D eigenvalue weighted by Gasteiger charge is 1.99. The number of hydrogen-bond acceptors (Lipinski definition) is 4. The Kier molecular flexibility index (Phi) is 6.85. The first-order chi connectivity index (χ1) is 8.77. The van der Waals surface area contributed by atoms with Crippen molar-refractivity contribution in [2.75, 3.05) is 33.5 Å². The summed E-state index contributed by atoms with van der Waals surface area (Å²) >= 11 is 0. The molecule has 0 heterocycles. The molecule has 0 aliphatic rings. The molecule has 4 nitrogen and oxygen atoms in total. The molecule has 0 aromatic heterocycles. The summed E-state index contributed by atoms with van der Waals surface area (Å²) in [6.07, 6.45) is 0.836. The molecular formula is C14H19NO3. The lowest BCUT2D eigenvalue weighted by Crippen LogP contribution is -2.06. The summed E-state index contributed by atoms with van der Waals surface area (Å²) in [4.78, 5) is 0. The Bertz CT molecular complexity index is 399. The SMILES string of the molecule is COCCOCCCOc1ccc(C#N)c(C)c1. The second-order valence-electron chi connectivity index (χ2n) is 3.90. The summed E-state index contributed by atoms with van der Waals surface area (Å²) < 4.78 is 15.8. The molecule has 0 saturated carbocycles. The number of ether oxygens (including phenoxy) is 3. The van der Waals surface area contributed by atoms with Gasteiger partial charge in [0.05, 0.1) is 31.5 Å². The van der Waals surface area contributed by atoms with Crippen molar-refractivity contribution in [2.24, 2.45) is 0 Å². The zero-order chi connectivity index (χ0) is 13.2. The minimum Gasteiger partial charge on any atom is -0.493 e. The van der Waals surface area contributed by atoms with E-state index in [0.717, 1.165) is 17.7 Å². The highest BCUT2D eigenvalue weighted by atomic mass is 16.5. The minimum atomic E-state index is 0.609. The summed E-state index contributed by atoms with van der Waals surface area (Å²) in [7, 11) is 1.65. The van der Waals surface area contributed by atoms with Gasteiger partial charge in [-0.3, -0.25) is 0 Å². The Morgan fingerprint density at radius 3 is 2.67 bits per heavy atom. The summed E-state index contributed by atoms with van der Waals surface area (Å²) in [5, 5.41) is 8.81. The van der Waals surface area contributed by atoms with Gasteiger partial charge in [0.1, 0.15) is 5.75 Å². The van der Waals surface area contributed by atoms with Gasteiger partial charge in [0.25, 0.3) is 0 Å². The monoisotopic (exact) mass is 249 g/mol. The van der Waals surface area contributed by atoms with E-state index in [1.807, 2.05) is 19.1 Å². The highest BCUT2D eigenvalue weighted by molar-refractivity contribution is 5.41. The third-order valence-electron chi connectivity index (χ3n) is 2.45. The molecule has 0 aliphatic carbocycles. The first-order valence-electron chi connectivity index (χ1n) is 5.98.